The average molecular weight is 280 g/mol. The third-order valence-corrected chi connectivity index (χ3v) is 3.82. The van der Waals surface area contributed by atoms with Gasteiger partial charge >= 0.3 is 0 Å². The van der Waals surface area contributed by atoms with E-state index in [0.717, 1.165) is 11.3 Å². The summed E-state index contributed by atoms with van der Waals surface area (Å²) in [5, 5.41) is 5.51. The summed E-state index contributed by atoms with van der Waals surface area (Å²) >= 11 is 0. The van der Waals surface area contributed by atoms with Crippen molar-refractivity contribution >= 4 is 28.3 Å². The van der Waals surface area contributed by atoms with Crippen molar-refractivity contribution in [2.24, 2.45) is 0 Å². The Kier molecular flexibility index (Phi) is 3.99. The quantitative estimate of drug-likeness (QED) is 0.851. The number of benzene rings is 1. The molecule has 6 heteroatoms. The molecule has 2 amide bonds. The Bertz CT molecular complexity index is 557. The highest BCUT2D eigenvalue weighted by Gasteiger charge is 2.19. The van der Waals surface area contributed by atoms with Crippen LogP contribution in [0.15, 0.2) is 18.2 Å². The van der Waals surface area contributed by atoms with Crippen LogP contribution in [-0.2, 0) is 22.0 Å². The number of amides is 2. The van der Waals surface area contributed by atoms with E-state index < -0.39 is 10.8 Å². The minimum Gasteiger partial charge on any atom is -0.349 e. The second-order valence-corrected chi connectivity index (χ2v) is 6.19. The molecular formula is C13H16N2O3S. The fourth-order valence-corrected chi connectivity index (χ4v) is 2.86. The van der Waals surface area contributed by atoms with E-state index in [9.17, 15) is 13.8 Å². The van der Waals surface area contributed by atoms with Gasteiger partial charge < -0.3 is 10.6 Å². The lowest BCUT2D eigenvalue weighted by Crippen LogP contribution is -2.36. The molecule has 102 valence electrons. The molecule has 2 unspecified atom stereocenters. The Hall–Kier alpha value is -1.69. The maximum Gasteiger partial charge on any atom is 0.251 e. The van der Waals surface area contributed by atoms with Gasteiger partial charge in [-0.05, 0) is 30.7 Å². The van der Waals surface area contributed by atoms with Crippen molar-refractivity contribution in [3.63, 3.8) is 0 Å². The first kappa shape index (κ1) is 13.7. The van der Waals surface area contributed by atoms with Gasteiger partial charge in [-0.2, -0.15) is 0 Å². The third-order valence-electron chi connectivity index (χ3n) is 2.85. The van der Waals surface area contributed by atoms with E-state index in [0.29, 0.717) is 17.7 Å². The summed E-state index contributed by atoms with van der Waals surface area (Å²) in [5.74, 6) is 0.166. The van der Waals surface area contributed by atoms with Crippen molar-refractivity contribution in [2.45, 2.75) is 19.4 Å². The zero-order valence-corrected chi connectivity index (χ0v) is 11.7. The van der Waals surface area contributed by atoms with E-state index >= 15 is 0 Å². The van der Waals surface area contributed by atoms with Crippen molar-refractivity contribution in [3.05, 3.63) is 29.3 Å². The highest BCUT2D eigenvalue weighted by molar-refractivity contribution is 7.84. The maximum atomic E-state index is 12.0. The fraction of sp³-hybridized carbons (Fsp3) is 0.385. The number of rotatable bonds is 4. The zero-order chi connectivity index (χ0) is 14.0. The molecule has 0 saturated heterocycles. The van der Waals surface area contributed by atoms with Gasteiger partial charge in [0.05, 0.1) is 6.42 Å². The molecule has 0 aliphatic carbocycles. The van der Waals surface area contributed by atoms with Crippen LogP contribution in [-0.4, -0.2) is 34.1 Å². The largest absolute Gasteiger partial charge is 0.349 e. The van der Waals surface area contributed by atoms with E-state index in [-0.39, 0.29) is 17.9 Å². The van der Waals surface area contributed by atoms with Gasteiger partial charge in [0.2, 0.25) is 5.91 Å². The van der Waals surface area contributed by atoms with Gasteiger partial charge in [-0.15, -0.1) is 0 Å². The van der Waals surface area contributed by atoms with Crippen LogP contribution in [0.1, 0.15) is 22.8 Å². The molecule has 0 aromatic heterocycles. The smallest absolute Gasteiger partial charge is 0.251 e. The predicted molar refractivity (Wildman–Crippen MR) is 74.6 cm³/mol. The van der Waals surface area contributed by atoms with Crippen LogP contribution in [0, 0.1) is 0 Å². The number of hydrogen-bond donors (Lipinski definition) is 2. The number of carbonyl (C=O) groups is 2. The van der Waals surface area contributed by atoms with Crippen LogP contribution in [0.5, 0.6) is 0 Å². The molecule has 2 rings (SSSR count). The van der Waals surface area contributed by atoms with Gasteiger partial charge in [-0.1, -0.05) is 0 Å². The number of fused-ring (bicyclic) bond motifs is 1. The highest BCUT2D eigenvalue weighted by Crippen LogP contribution is 2.23. The first-order valence-corrected chi connectivity index (χ1v) is 7.72. The van der Waals surface area contributed by atoms with E-state index in [1.807, 2.05) is 6.92 Å². The summed E-state index contributed by atoms with van der Waals surface area (Å²) in [4.78, 5) is 23.2. The number of nitrogens with one attached hydrogen (secondary N) is 2. The molecular weight excluding hydrogens is 264 g/mol. The molecule has 0 fully saturated rings. The second-order valence-electron chi connectivity index (χ2n) is 4.71. The van der Waals surface area contributed by atoms with E-state index in [1.54, 1.807) is 24.5 Å². The van der Waals surface area contributed by atoms with Crippen molar-refractivity contribution in [1.29, 1.82) is 0 Å². The molecule has 1 heterocycles. The molecule has 19 heavy (non-hydrogen) atoms. The third kappa shape index (κ3) is 3.41. The topological polar surface area (TPSA) is 75.3 Å². The van der Waals surface area contributed by atoms with Crippen molar-refractivity contribution in [1.82, 2.24) is 5.32 Å². The lowest BCUT2D eigenvalue weighted by Gasteiger charge is -2.12. The van der Waals surface area contributed by atoms with Gasteiger partial charge in [0, 0.05) is 40.1 Å². The normalized spacial score (nSPS) is 16.4. The summed E-state index contributed by atoms with van der Waals surface area (Å²) in [5.41, 5.74) is 2.12. The van der Waals surface area contributed by atoms with E-state index in [1.165, 1.54) is 0 Å². The Balaban J connectivity index is 2.06. The lowest BCUT2D eigenvalue weighted by atomic mass is 10.1. The van der Waals surface area contributed by atoms with Crippen LogP contribution in [0.3, 0.4) is 0 Å². The van der Waals surface area contributed by atoms with Crippen molar-refractivity contribution in [3.8, 4) is 0 Å². The Morgan fingerprint density at radius 2 is 2.26 bits per heavy atom. The van der Waals surface area contributed by atoms with Crippen LogP contribution in [0.2, 0.25) is 0 Å². The first-order valence-electron chi connectivity index (χ1n) is 5.99. The molecule has 0 spiro atoms. The van der Waals surface area contributed by atoms with Crippen LogP contribution in [0.25, 0.3) is 0 Å². The highest BCUT2D eigenvalue weighted by atomic mass is 32.2. The Morgan fingerprint density at radius 1 is 1.53 bits per heavy atom. The second kappa shape index (κ2) is 5.52. The molecule has 0 bridgehead atoms. The van der Waals surface area contributed by atoms with E-state index in [4.69, 9.17) is 0 Å². The monoisotopic (exact) mass is 280 g/mol. The minimum absolute atomic E-state index is 0.0534. The van der Waals surface area contributed by atoms with Gasteiger partial charge in [-0.3, -0.25) is 13.8 Å². The lowest BCUT2D eigenvalue weighted by molar-refractivity contribution is -0.115. The molecule has 2 N–H and O–H groups in total. The Morgan fingerprint density at radius 3 is 2.95 bits per heavy atom. The first-order chi connectivity index (χ1) is 8.95. The number of carbonyl (C=O) groups excluding carboxylic acids is 2. The van der Waals surface area contributed by atoms with Crippen molar-refractivity contribution < 1.29 is 13.8 Å². The molecule has 1 aliphatic rings. The molecule has 2 atom stereocenters. The zero-order valence-electron chi connectivity index (χ0n) is 10.9. The summed E-state index contributed by atoms with van der Waals surface area (Å²) in [6.45, 7) is 1.82. The number of hydrogen-bond acceptors (Lipinski definition) is 3. The fourth-order valence-electron chi connectivity index (χ4n) is 2.07. The summed E-state index contributed by atoms with van der Waals surface area (Å²) < 4.78 is 11.1. The van der Waals surface area contributed by atoms with Gasteiger partial charge in [0.15, 0.2) is 0 Å². The van der Waals surface area contributed by atoms with Crippen molar-refractivity contribution in [2.75, 3.05) is 17.3 Å². The molecule has 0 radical (unpaired) electrons. The maximum absolute atomic E-state index is 12.0. The Labute approximate surface area is 114 Å². The summed E-state index contributed by atoms with van der Waals surface area (Å²) in [7, 11) is -0.942. The van der Waals surface area contributed by atoms with Crippen LogP contribution >= 0.6 is 0 Å². The summed E-state index contributed by atoms with van der Waals surface area (Å²) in [6.07, 6.45) is 1.92. The summed E-state index contributed by atoms with van der Waals surface area (Å²) in [6, 6.07) is 4.98. The molecule has 5 nitrogen and oxygen atoms in total. The number of anilines is 1. The van der Waals surface area contributed by atoms with Gasteiger partial charge in [0.25, 0.3) is 5.91 Å². The molecule has 1 aliphatic heterocycles. The van der Waals surface area contributed by atoms with Crippen LogP contribution in [0.4, 0.5) is 5.69 Å². The van der Waals surface area contributed by atoms with Gasteiger partial charge in [0.1, 0.15) is 0 Å². The molecule has 0 saturated carbocycles. The van der Waals surface area contributed by atoms with Gasteiger partial charge in [-0.25, -0.2) is 0 Å². The van der Waals surface area contributed by atoms with E-state index in [2.05, 4.69) is 10.6 Å². The molecule has 1 aromatic rings. The average Bonchev–Trinajstić information content (AvgIpc) is 2.66. The standard InChI is InChI=1S/C13H16N2O3S/c1-8(7-19(2)18)14-13(17)9-3-4-11-10(5-9)6-12(16)15-11/h3-5,8H,6-7H2,1-2H3,(H,14,17)(H,15,16). The predicted octanol–water partition coefficient (Wildman–Crippen LogP) is 0.678. The minimum atomic E-state index is -0.942. The molecule has 1 aromatic carbocycles. The van der Waals surface area contributed by atoms with Crippen LogP contribution < -0.4 is 10.6 Å². The SMILES string of the molecule is CC(CS(C)=O)NC(=O)c1ccc2c(c1)CC(=O)N2.